The zero-order valence-electron chi connectivity index (χ0n) is 9.39. The Morgan fingerprint density at radius 1 is 1.38 bits per heavy atom. The topological polar surface area (TPSA) is 37.3 Å². The summed E-state index contributed by atoms with van der Waals surface area (Å²) in [4.78, 5) is 11.4. The fraction of sp³-hybridized carbons (Fsp3) is 0.214. The van der Waals surface area contributed by atoms with Crippen molar-refractivity contribution in [1.29, 1.82) is 0 Å². The molecule has 0 heterocycles. The summed E-state index contributed by atoms with van der Waals surface area (Å²) in [7, 11) is 0. The molecule has 2 heteroatoms. The first-order valence-electron chi connectivity index (χ1n) is 5.19. The van der Waals surface area contributed by atoms with Gasteiger partial charge in [-0.3, -0.25) is 4.79 Å². The van der Waals surface area contributed by atoms with E-state index in [1.54, 1.807) is 18.6 Å². The van der Waals surface area contributed by atoms with Crippen molar-refractivity contribution in [3.8, 4) is 0 Å². The lowest BCUT2D eigenvalue weighted by atomic mass is 9.99. The molecule has 1 aromatic carbocycles. The molecule has 0 saturated heterocycles. The van der Waals surface area contributed by atoms with Gasteiger partial charge in [0.1, 0.15) is 5.78 Å². The average molecular weight is 216 g/mol. The Balaban J connectivity index is 2.40. The van der Waals surface area contributed by atoms with Gasteiger partial charge in [0, 0.05) is 12.8 Å². The van der Waals surface area contributed by atoms with Gasteiger partial charge in [-0.15, -0.1) is 0 Å². The van der Waals surface area contributed by atoms with Crippen LogP contribution in [0.5, 0.6) is 0 Å². The number of aliphatic hydroxyl groups is 1. The first-order valence-corrected chi connectivity index (χ1v) is 5.19. The van der Waals surface area contributed by atoms with Crippen molar-refractivity contribution in [3.05, 3.63) is 61.6 Å². The number of ketones is 1. The minimum absolute atomic E-state index is 0.0978. The minimum Gasteiger partial charge on any atom is -0.388 e. The van der Waals surface area contributed by atoms with Crippen molar-refractivity contribution in [3.63, 3.8) is 0 Å². The molecular weight excluding hydrogens is 200 g/mol. The number of hydrogen-bond donors (Lipinski definition) is 1. The zero-order valence-corrected chi connectivity index (χ0v) is 9.39. The smallest absolute Gasteiger partial charge is 0.139 e. The first kappa shape index (κ1) is 12.9. The van der Waals surface area contributed by atoms with Crippen LogP contribution < -0.4 is 0 Å². The summed E-state index contributed by atoms with van der Waals surface area (Å²) in [5, 5.41) is 9.78. The number of carbonyl (C=O) groups is 1. The number of rotatable bonds is 6. The van der Waals surface area contributed by atoms with Crippen LogP contribution in [0, 0.1) is 25.7 Å². The van der Waals surface area contributed by atoms with Gasteiger partial charge in [0.15, 0.2) is 0 Å². The Morgan fingerprint density at radius 2 is 2.00 bits per heavy atom. The molecule has 1 unspecified atom stereocenters. The van der Waals surface area contributed by atoms with E-state index in [9.17, 15) is 9.90 Å². The molecule has 0 aliphatic carbocycles. The Morgan fingerprint density at radius 3 is 2.56 bits per heavy atom. The molecule has 1 N–H and O–H groups in total. The van der Waals surface area contributed by atoms with E-state index in [1.807, 2.05) is 25.1 Å². The van der Waals surface area contributed by atoms with E-state index in [2.05, 4.69) is 6.92 Å². The Kier molecular flexibility index (Phi) is 5.20. The van der Waals surface area contributed by atoms with Crippen molar-refractivity contribution in [2.75, 3.05) is 0 Å². The SMILES string of the molecule is [CH2][C](C)[CH][CH]C(=O)CC(O)c1ccccc1. The van der Waals surface area contributed by atoms with Crippen molar-refractivity contribution < 1.29 is 9.90 Å². The summed E-state index contributed by atoms with van der Waals surface area (Å²) >= 11 is 0. The second-order valence-corrected chi connectivity index (χ2v) is 3.78. The Bertz CT molecular complexity index is 317. The fourth-order valence-corrected chi connectivity index (χ4v) is 1.29. The molecule has 2 nitrogen and oxygen atoms in total. The number of aliphatic hydroxyl groups excluding tert-OH is 1. The summed E-state index contributed by atoms with van der Waals surface area (Å²) in [5.41, 5.74) is 0.763. The number of hydrogen-bond acceptors (Lipinski definition) is 2. The van der Waals surface area contributed by atoms with E-state index >= 15 is 0 Å². The molecule has 0 spiro atoms. The highest BCUT2D eigenvalue weighted by Crippen LogP contribution is 2.17. The predicted molar refractivity (Wildman–Crippen MR) is 63.9 cm³/mol. The predicted octanol–water partition coefficient (Wildman–Crippen LogP) is 2.52. The van der Waals surface area contributed by atoms with Gasteiger partial charge in [-0.25, -0.2) is 0 Å². The van der Waals surface area contributed by atoms with Crippen LogP contribution in [0.25, 0.3) is 0 Å². The lowest BCUT2D eigenvalue weighted by Crippen LogP contribution is -2.08. The largest absolute Gasteiger partial charge is 0.388 e. The molecule has 16 heavy (non-hydrogen) atoms. The van der Waals surface area contributed by atoms with Gasteiger partial charge in [0.25, 0.3) is 0 Å². The van der Waals surface area contributed by atoms with Crippen LogP contribution in [0.1, 0.15) is 25.0 Å². The second-order valence-electron chi connectivity index (χ2n) is 3.78. The number of carbonyl (C=O) groups excluding carboxylic acids is 1. The number of benzene rings is 1. The van der Waals surface area contributed by atoms with Crippen molar-refractivity contribution in [2.45, 2.75) is 19.4 Å². The van der Waals surface area contributed by atoms with Crippen LogP contribution in [0.3, 0.4) is 0 Å². The fourth-order valence-electron chi connectivity index (χ4n) is 1.29. The van der Waals surface area contributed by atoms with Crippen LogP contribution in [0.2, 0.25) is 0 Å². The third-order valence-electron chi connectivity index (χ3n) is 2.13. The molecule has 4 radical (unpaired) electrons. The molecule has 1 atom stereocenters. The summed E-state index contributed by atoms with van der Waals surface area (Å²) in [6, 6.07) is 9.17. The molecule has 0 fully saturated rings. The molecule has 1 rings (SSSR count). The molecule has 0 bridgehead atoms. The molecule has 0 saturated carbocycles. The van der Waals surface area contributed by atoms with Gasteiger partial charge in [0.2, 0.25) is 0 Å². The third kappa shape index (κ3) is 4.58. The normalized spacial score (nSPS) is 12.8. The van der Waals surface area contributed by atoms with E-state index in [1.165, 1.54) is 6.42 Å². The minimum atomic E-state index is -0.733. The molecule has 0 aromatic heterocycles. The van der Waals surface area contributed by atoms with Crippen LogP contribution in [-0.4, -0.2) is 10.9 Å². The Hall–Kier alpha value is -1.15. The lowest BCUT2D eigenvalue weighted by Gasteiger charge is -2.10. The van der Waals surface area contributed by atoms with Gasteiger partial charge in [-0.1, -0.05) is 37.3 Å². The van der Waals surface area contributed by atoms with E-state index in [0.29, 0.717) is 0 Å². The Labute approximate surface area is 97.3 Å². The second kappa shape index (κ2) is 6.44. The maximum Gasteiger partial charge on any atom is 0.139 e. The molecular formula is C14H16O2. The van der Waals surface area contributed by atoms with Gasteiger partial charge in [-0.2, -0.15) is 0 Å². The van der Waals surface area contributed by atoms with Gasteiger partial charge in [0.05, 0.1) is 6.10 Å². The van der Waals surface area contributed by atoms with Crippen molar-refractivity contribution >= 4 is 5.78 Å². The third-order valence-corrected chi connectivity index (χ3v) is 2.13. The molecule has 0 aliphatic heterocycles. The summed E-state index contributed by atoms with van der Waals surface area (Å²) in [6.45, 7) is 5.48. The van der Waals surface area contributed by atoms with Crippen molar-refractivity contribution in [2.24, 2.45) is 0 Å². The van der Waals surface area contributed by atoms with Gasteiger partial charge < -0.3 is 5.11 Å². The van der Waals surface area contributed by atoms with Gasteiger partial charge >= 0.3 is 0 Å². The van der Waals surface area contributed by atoms with Gasteiger partial charge in [-0.05, 0) is 24.8 Å². The first-order chi connectivity index (χ1) is 7.59. The highest BCUT2D eigenvalue weighted by atomic mass is 16.3. The van der Waals surface area contributed by atoms with Crippen LogP contribution >= 0.6 is 0 Å². The highest BCUT2D eigenvalue weighted by molar-refractivity contribution is 5.89. The highest BCUT2D eigenvalue weighted by Gasteiger charge is 2.13. The molecule has 0 aliphatic rings. The van der Waals surface area contributed by atoms with E-state index in [4.69, 9.17) is 0 Å². The number of Topliss-reactive ketones (excluding diaryl/α,β-unsaturated/α-hetero) is 1. The average Bonchev–Trinajstić information content (AvgIpc) is 2.27. The van der Waals surface area contributed by atoms with E-state index < -0.39 is 6.10 Å². The standard InChI is InChI=1S/C14H16O2/c1-11(2)8-9-13(15)10-14(16)12-6-4-3-5-7-12/h3-9,14,16H,1,10H2,2H3. The molecule has 84 valence electrons. The van der Waals surface area contributed by atoms with Crippen molar-refractivity contribution in [1.82, 2.24) is 0 Å². The molecule has 1 aromatic rings. The lowest BCUT2D eigenvalue weighted by molar-refractivity contribution is -0.117. The summed E-state index contributed by atoms with van der Waals surface area (Å²) in [5.74, 6) is 0.724. The van der Waals surface area contributed by atoms with E-state index in [-0.39, 0.29) is 12.2 Å². The summed E-state index contributed by atoms with van der Waals surface area (Å²) in [6.07, 6.45) is 2.48. The monoisotopic (exact) mass is 216 g/mol. The maximum atomic E-state index is 11.4. The quantitative estimate of drug-likeness (QED) is 0.793. The zero-order chi connectivity index (χ0) is 12.0. The van der Waals surface area contributed by atoms with Crippen LogP contribution in [0.15, 0.2) is 30.3 Å². The molecule has 0 amide bonds. The summed E-state index contributed by atoms with van der Waals surface area (Å²) < 4.78 is 0. The van der Waals surface area contributed by atoms with Crippen LogP contribution in [0.4, 0.5) is 0 Å². The van der Waals surface area contributed by atoms with E-state index in [0.717, 1.165) is 11.5 Å². The maximum absolute atomic E-state index is 11.4. The van der Waals surface area contributed by atoms with Crippen LogP contribution in [-0.2, 0) is 4.79 Å².